The van der Waals surface area contributed by atoms with Gasteiger partial charge in [-0.05, 0) is 41.8 Å². The Labute approximate surface area is 196 Å². The number of aliphatic hydroxyl groups is 1. The van der Waals surface area contributed by atoms with Crippen LogP contribution in [0.4, 0.5) is 10.2 Å². The van der Waals surface area contributed by atoms with Crippen LogP contribution in [0.25, 0.3) is 11.3 Å². The topological polar surface area (TPSA) is 119 Å². The predicted octanol–water partition coefficient (Wildman–Crippen LogP) is 2.74. The van der Waals surface area contributed by atoms with E-state index in [1.165, 1.54) is 12.1 Å². The summed E-state index contributed by atoms with van der Waals surface area (Å²) in [5.74, 6) is -1.06. The Morgan fingerprint density at radius 3 is 2.79 bits per heavy atom. The number of carbonyl (C=O) groups is 1. The minimum atomic E-state index is -0.746. The van der Waals surface area contributed by atoms with E-state index < -0.39 is 11.8 Å². The van der Waals surface area contributed by atoms with Crippen molar-refractivity contribution < 1.29 is 14.3 Å². The lowest BCUT2D eigenvalue weighted by Crippen LogP contribution is -2.24. The molecule has 3 heterocycles. The first kappa shape index (κ1) is 23.1. The highest BCUT2D eigenvalue weighted by atomic mass is 19.1. The van der Waals surface area contributed by atoms with Gasteiger partial charge in [0, 0.05) is 36.3 Å². The predicted molar refractivity (Wildman–Crippen MR) is 126 cm³/mol. The third kappa shape index (κ3) is 5.44. The molecular formula is C25H25FN6O2. The first-order valence-corrected chi connectivity index (χ1v) is 10.9. The van der Waals surface area contributed by atoms with Crippen LogP contribution in [0.1, 0.15) is 22.6 Å². The van der Waals surface area contributed by atoms with Gasteiger partial charge in [-0.2, -0.15) is 5.10 Å². The van der Waals surface area contributed by atoms with Gasteiger partial charge in [0.05, 0.1) is 31.0 Å². The number of rotatable bonds is 10. The lowest BCUT2D eigenvalue weighted by Gasteiger charge is -2.19. The maximum atomic E-state index is 13.5. The number of primary amides is 1. The van der Waals surface area contributed by atoms with Crippen LogP contribution in [0.3, 0.4) is 0 Å². The second-order valence-electron chi connectivity index (χ2n) is 7.78. The van der Waals surface area contributed by atoms with E-state index in [1.54, 1.807) is 53.7 Å². The number of hydrogen-bond donors (Lipinski definition) is 3. The lowest BCUT2D eigenvalue weighted by molar-refractivity contribution is -0.118. The van der Waals surface area contributed by atoms with Crippen LogP contribution in [0.5, 0.6) is 0 Å². The number of anilines is 1. The number of nitrogens with one attached hydrogen (secondary N) is 1. The molecule has 8 nitrogen and oxygen atoms in total. The van der Waals surface area contributed by atoms with Crippen molar-refractivity contribution in [3.05, 3.63) is 95.8 Å². The average molecular weight is 461 g/mol. The summed E-state index contributed by atoms with van der Waals surface area (Å²) in [5.41, 5.74) is 9.33. The van der Waals surface area contributed by atoms with Gasteiger partial charge in [-0.3, -0.25) is 14.5 Å². The number of pyridine rings is 2. The van der Waals surface area contributed by atoms with Gasteiger partial charge in [0.1, 0.15) is 11.6 Å². The SMILES string of the molecule is NC(=O)C(c1cccnc1)c1ccc(-c2cnn(CCO)c2)nc1NCCc1cccc(F)c1. The second-order valence-corrected chi connectivity index (χ2v) is 7.78. The van der Waals surface area contributed by atoms with E-state index >= 15 is 0 Å². The van der Waals surface area contributed by atoms with Gasteiger partial charge >= 0.3 is 0 Å². The number of carbonyl (C=O) groups excluding carboxylic acids is 1. The Kier molecular flexibility index (Phi) is 7.24. The Morgan fingerprint density at radius 2 is 2.06 bits per heavy atom. The molecule has 4 N–H and O–H groups in total. The van der Waals surface area contributed by atoms with E-state index in [-0.39, 0.29) is 12.4 Å². The van der Waals surface area contributed by atoms with Crippen molar-refractivity contribution in [3.63, 3.8) is 0 Å². The zero-order chi connectivity index (χ0) is 23.9. The Hall–Kier alpha value is -4.11. The Bertz CT molecular complexity index is 1260. The number of halogens is 1. The first-order valence-electron chi connectivity index (χ1n) is 10.9. The molecular weight excluding hydrogens is 435 g/mol. The summed E-state index contributed by atoms with van der Waals surface area (Å²) in [6, 6.07) is 13.6. The van der Waals surface area contributed by atoms with Crippen LogP contribution < -0.4 is 11.1 Å². The molecule has 1 aromatic carbocycles. The molecule has 1 amide bonds. The molecule has 0 bridgehead atoms. The molecule has 9 heteroatoms. The van der Waals surface area contributed by atoms with Gasteiger partial charge in [-0.15, -0.1) is 0 Å². The molecule has 0 aliphatic carbocycles. The van der Waals surface area contributed by atoms with Gasteiger partial charge in [-0.25, -0.2) is 9.37 Å². The van der Waals surface area contributed by atoms with Gasteiger partial charge in [0.25, 0.3) is 0 Å². The summed E-state index contributed by atoms with van der Waals surface area (Å²) >= 11 is 0. The van der Waals surface area contributed by atoms with Crippen molar-refractivity contribution in [3.8, 4) is 11.3 Å². The van der Waals surface area contributed by atoms with Gasteiger partial charge in [0.15, 0.2) is 0 Å². The molecule has 0 spiro atoms. The van der Waals surface area contributed by atoms with Gasteiger partial charge < -0.3 is 16.2 Å². The van der Waals surface area contributed by atoms with Crippen molar-refractivity contribution in [2.24, 2.45) is 5.73 Å². The highest BCUT2D eigenvalue weighted by Gasteiger charge is 2.25. The van der Waals surface area contributed by atoms with Gasteiger partial charge in [-0.1, -0.05) is 24.3 Å². The number of benzene rings is 1. The highest BCUT2D eigenvalue weighted by Crippen LogP contribution is 2.31. The number of aliphatic hydroxyl groups excluding tert-OH is 1. The maximum Gasteiger partial charge on any atom is 0.229 e. The standard InChI is InChI=1S/C25H25FN6O2/c26-20-5-1-3-17(13-20)8-10-29-25-21(23(24(27)34)18-4-2-9-28-14-18)6-7-22(31-25)19-15-30-32(16-19)11-12-33/h1-7,9,13-16,23,33H,8,10-12H2,(H2,27,34)(H,29,31). The molecule has 0 saturated heterocycles. The zero-order valence-corrected chi connectivity index (χ0v) is 18.4. The van der Waals surface area contributed by atoms with E-state index in [4.69, 9.17) is 15.8 Å². The zero-order valence-electron chi connectivity index (χ0n) is 18.4. The average Bonchev–Trinajstić information content (AvgIpc) is 3.29. The fourth-order valence-corrected chi connectivity index (χ4v) is 3.79. The number of aromatic nitrogens is 4. The molecule has 1 unspecified atom stereocenters. The molecule has 3 aromatic heterocycles. The van der Waals surface area contributed by atoms with Crippen molar-refractivity contribution in [1.82, 2.24) is 19.7 Å². The van der Waals surface area contributed by atoms with E-state index in [0.717, 1.165) is 11.1 Å². The largest absolute Gasteiger partial charge is 0.394 e. The van der Waals surface area contributed by atoms with Crippen molar-refractivity contribution in [2.75, 3.05) is 18.5 Å². The molecule has 4 rings (SSSR count). The monoisotopic (exact) mass is 460 g/mol. The van der Waals surface area contributed by atoms with E-state index in [0.29, 0.717) is 42.1 Å². The quantitative estimate of drug-likeness (QED) is 0.335. The number of nitrogens with zero attached hydrogens (tertiary/aromatic N) is 4. The van der Waals surface area contributed by atoms with Crippen LogP contribution in [-0.2, 0) is 17.8 Å². The van der Waals surface area contributed by atoms with E-state index in [9.17, 15) is 9.18 Å². The van der Waals surface area contributed by atoms with Crippen LogP contribution in [0.2, 0.25) is 0 Å². The summed E-state index contributed by atoms with van der Waals surface area (Å²) in [7, 11) is 0. The van der Waals surface area contributed by atoms with Crippen molar-refractivity contribution in [2.45, 2.75) is 18.9 Å². The van der Waals surface area contributed by atoms with Crippen LogP contribution >= 0.6 is 0 Å². The van der Waals surface area contributed by atoms with Crippen molar-refractivity contribution in [1.29, 1.82) is 0 Å². The Balaban J connectivity index is 1.68. The summed E-state index contributed by atoms with van der Waals surface area (Å²) in [6.45, 7) is 0.822. The summed E-state index contributed by atoms with van der Waals surface area (Å²) in [5, 5.41) is 16.7. The highest BCUT2D eigenvalue weighted by molar-refractivity contribution is 5.87. The fraction of sp³-hybridized carbons (Fsp3) is 0.200. The van der Waals surface area contributed by atoms with E-state index in [2.05, 4.69) is 15.4 Å². The minimum absolute atomic E-state index is 0.0220. The lowest BCUT2D eigenvalue weighted by atomic mass is 9.91. The molecule has 4 aromatic rings. The smallest absolute Gasteiger partial charge is 0.229 e. The number of amides is 1. The maximum absolute atomic E-state index is 13.5. The van der Waals surface area contributed by atoms with E-state index in [1.807, 2.05) is 12.1 Å². The molecule has 1 atom stereocenters. The van der Waals surface area contributed by atoms with Gasteiger partial charge in [0.2, 0.25) is 5.91 Å². The summed E-state index contributed by atoms with van der Waals surface area (Å²) in [6.07, 6.45) is 7.26. The minimum Gasteiger partial charge on any atom is -0.394 e. The molecule has 0 radical (unpaired) electrons. The third-order valence-electron chi connectivity index (χ3n) is 5.39. The molecule has 0 aliphatic rings. The molecule has 0 aliphatic heterocycles. The van der Waals surface area contributed by atoms with Crippen LogP contribution in [-0.4, -0.2) is 43.9 Å². The number of nitrogens with two attached hydrogens (primary N) is 1. The summed E-state index contributed by atoms with van der Waals surface area (Å²) < 4.78 is 15.2. The normalized spacial score (nSPS) is 11.8. The molecule has 174 valence electrons. The summed E-state index contributed by atoms with van der Waals surface area (Å²) in [4.78, 5) is 21.4. The first-order chi connectivity index (χ1) is 16.5. The number of hydrogen-bond acceptors (Lipinski definition) is 6. The molecule has 0 fully saturated rings. The molecule has 0 saturated carbocycles. The van der Waals surface area contributed by atoms with Crippen LogP contribution in [0.15, 0.2) is 73.3 Å². The van der Waals surface area contributed by atoms with Crippen molar-refractivity contribution >= 4 is 11.7 Å². The molecule has 34 heavy (non-hydrogen) atoms. The third-order valence-corrected chi connectivity index (χ3v) is 5.39. The Morgan fingerprint density at radius 1 is 1.18 bits per heavy atom. The van der Waals surface area contributed by atoms with Crippen LogP contribution in [0, 0.1) is 5.82 Å². The second kappa shape index (κ2) is 10.7. The fourth-order valence-electron chi connectivity index (χ4n) is 3.79.